The minimum absolute atomic E-state index is 0.267. The molecule has 8 heteroatoms. The van der Waals surface area contributed by atoms with Crippen LogP contribution in [0.2, 0.25) is 0 Å². The van der Waals surface area contributed by atoms with Crippen LogP contribution in [0.3, 0.4) is 0 Å². The maximum atomic E-state index is 11.3. The number of ether oxygens (including phenoxy) is 2. The van der Waals surface area contributed by atoms with E-state index in [-0.39, 0.29) is 5.57 Å². The number of anilines is 3. The van der Waals surface area contributed by atoms with Gasteiger partial charge in [0.2, 0.25) is 0 Å². The van der Waals surface area contributed by atoms with E-state index >= 15 is 0 Å². The molecule has 6 aromatic rings. The Hall–Kier alpha value is -5.36. The second-order valence-corrected chi connectivity index (χ2v) is 19.8. The highest BCUT2D eigenvalue weighted by Crippen LogP contribution is 2.38. The maximum Gasteiger partial charge on any atom is 0.346 e. The molecule has 1 N–H and O–H groups in total. The van der Waals surface area contributed by atoms with Gasteiger partial charge in [-0.3, -0.25) is 0 Å². The number of thiophene rings is 2. The van der Waals surface area contributed by atoms with Crippen LogP contribution in [-0.2, 0) is 4.79 Å². The molecular formula is C54H62N2O4S2. The third-order valence-corrected chi connectivity index (χ3v) is 13.4. The summed E-state index contributed by atoms with van der Waals surface area (Å²) in [7, 11) is 0. The van der Waals surface area contributed by atoms with Crippen LogP contribution in [-0.4, -0.2) is 24.3 Å². The van der Waals surface area contributed by atoms with Crippen LogP contribution in [0.15, 0.2) is 103 Å². The van der Waals surface area contributed by atoms with Gasteiger partial charge in [-0.1, -0.05) is 98.3 Å². The van der Waals surface area contributed by atoms with Gasteiger partial charge in [-0.2, -0.15) is 5.26 Å². The summed E-state index contributed by atoms with van der Waals surface area (Å²) < 4.78 is 14.7. The van der Waals surface area contributed by atoms with E-state index in [0.29, 0.717) is 11.8 Å². The van der Waals surface area contributed by atoms with Gasteiger partial charge in [0.05, 0.1) is 13.2 Å². The quantitative estimate of drug-likeness (QED) is 0.0510. The van der Waals surface area contributed by atoms with Crippen molar-refractivity contribution >= 4 is 84.1 Å². The second kappa shape index (κ2) is 22.6. The Balaban J connectivity index is 1.15. The van der Waals surface area contributed by atoms with Crippen molar-refractivity contribution in [3.8, 4) is 17.6 Å². The lowest BCUT2D eigenvalue weighted by Crippen LogP contribution is -2.10. The van der Waals surface area contributed by atoms with Gasteiger partial charge in [0.15, 0.2) is 0 Å². The molecule has 62 heavy (non-hydrogen) atoms. The fraction of sp³-hybridized carbons (Fsp3) is 0.370. The molecule has 0 bridgehead atoms. The summed E-state index contributed by atoms with van der Waals surface area (Å²) in [6, 6.07) is 35.7. The average Bonchev–Trinajstić information content (AvgIpc) is 3.84. The summed E-state index contributed by atoms with van der Waals surface area (Å²) in [5.74, 6) is 3.39. The number of fused-ring (bicyclic) bond motifs is 2. The molecule has 0 fully saturated rings. The molecule has 2 unspecified atom stereocenters. The number of carboxylic acid groups (broad SMARTS) is 1. The molecule has 0 spiro atoms. The Morgan fingerprint density at radius 2 is 1.08 bits per heavy atom. The Bertz CT molecular complexity index is 2330. The highest BCUT2D eigenvalue weighted by atomic mass is 32.1. The van der Waals surface area contributed by atoms with Crippen LogP contribution in [0.1, 0.15) is 108 Å². The molecule has 0 aliphatic heterocycles. The number of nitrogens with zero attached hydrogens (tertiary/aromatic N) is 2. The predicted octanol–water partition coefficient (Wildman–Crippen LogP) is 16.2. The van der Waals surface area contributed by atoms with Crippen molar-refractivity contribution in [2.24, 2.45) is 23.7 Å². The minimum Gasteiger partial charge on any atom is -0.494 e. The summed E-state index contributed by atoms with van der Waals surface area (Å²) in [6.45, 7) is 15.3. The molecule has 0 radical (unpaired) electrons. The number of carbonyl (C=O) groups is 1. The fourth-order valence-corrected chi connectivity index (χ4v) is 9.62. The highest BCUT2D eigenvalue weighted by Gasteiger charge is 2.15. The van der Waals surface area contributed by atoms with Gasteiger partial charge in [0.1, 0.15) is 23.1 Å². The lowest BCUT2D eigenvalue weighted by molar-refractivity contribution is -0.132. The number of carboxylic acids is 1. The van der Waals surface area contributed by atoms with E-state index in [1.807, 2.05) is 6.07 Å². The Morgan fingerprint density at radius 1 is 0.629 bits per heavy atom. The van der Waals surface area contributed by atoms with Crippen molar-refractivity contribution in [1.29, 1.82) is 5.26 Å². The zero-order chi connectivity index (χ0) is 44.0. The van der Waals surface area contributed by atoms with Gasteiger partial charge >= 0.3 is 5.97 Å². The first-order valence-corrected chi connectivity index (χ1v) is 23.9. The van der Waals surface area contributed by atoms with Gasteiger partial charge in [0.25, 0.3) is 0 Å². The largest absolute Gasteiger partial charge is 0.494 e. The van der Waals surface area contributed by atoms with Gasteiger partial charge in [-0.05, 0) is 150 Å². The predicted molar refractivity (Wildman–Crippen MR) is 264 cm³/mol. The van der Waals surface area contributed by atoms with E-state index in [9.17, 15) is 15.2 Å². The van der Waals surface area contributed by atoms with Gasteiger partial charge < -0.3 is 19.5 Å². The summed E-state index contributed by atoms with van der Waals surface area (Å²) in [5, 5.41) is 20.6. The third kappa shape index (κ3) is 13.6. The Kier molecular flexibility index (Phi) is 16.9. The van der Waals surface area contributed by atoms with Gasteiger partial charge in [0, 0.05) is 36.2 Å². The molecule has 6 nitrogen and oxygen atoms in total. The molecule has 0 saturated heterocycles. The third-order valence-electron chi connectivity index (χ3n) is 11.3. The van der Waals surface area contributed by atoms with Crippen molar-refractivity contribution in [3.05, 3.63) is 118 Å². The van der Waals surface area contributed by atoms with Crippen molar-refractivity contribution in [3.63, 3.8) is 0 Å². The van der Waals surface area contributed by atoms with Crippen LogP contribution in [0.4, 0.5) is 17.1 Å². The molecule has 6 rings (SSSR count). The van der Waals surface area contributed by atoms with E-state index in [2.05, 4.69) is 150 Å². The van der Waals surface area contributed by atoms with Crippen LogP contribution in [0.5, 0.6) is 11.5 Å². The SMILES string of the molecule is CC(C)CCCC(C)CCOc1ccc(N(c2ccc(/C=C/c3cc4cc5sc(/C=C(/C#N)C(=O)O)cc5cc4s3)cc2)c2ccc(OCCC(C)CCCC(C)C)cc2)cc1. The highest BCUT2D eigenvalue weighted by molar-refractivity contribution is 7.21. The first-order chi connectivity index (χ1) is 29.9. The maximum absolute atomic E-state index is 11.3. The van der Waals surface area contributed by atoms with E-state index in [1.54, 1.807) is 17.4 Å². The summed E-state index contributed by atoms with van der Waals surface area (Å²) in [5.41, 5.74) is 3.98. The van der Waals surface area contributed by atoms with Crippen molar-refractivity contribution < 1.29 is 19.4 Å². The van der Waals surface area contributed by atoms with Gasteiger partial charge in [-0.15, -0.1) is 22.7 Å². The molecule has 0 saturated carbocycles. The summed E-state index contributed by atoms with van der Waals surface area (Å²) in [6.07, 6.45) is 15.5. The fourth-order valence-electron chi connectivity index (χ4n) is 7.59. The number of nitriles is 1. The first kappa shape index (κ1) is 46.2. The molecule has 2 atom stereocenters. The molecule has 0 aliphatic carbocycles. The number of aliphatic carboxylic acids is 1. The summed E-state index contributed by atoms with van der Waals surface area (Å²) >= 11 is 3.20. The average molecular weight is 867 g/mol. The Labute approximate surface area is 377 Å². The second-order valence-electron chi connectivity index (χ2n) is 17.6. The zero-order valence-corrected chi connectivity index (χ0v) is 38.9. The molecule has 324 valence electrons. The molecule has 4 aromatic carbocycles. The molecular weight excluding hydrogens is 805 g/mol. The molecule has 0 aliphatic rings. The number of benzene rings is 4. The van der Waals surface area contributed by atoms with Crippen LogP contribution in [0, 0.1) is 35.0 Å². The number of hydrogen-bond donors (Lipinski definition) is 1. The smallest absolute Gasteiger partial charge is 0.346 e. The lowest BCUT2D eigenvalue weighted by atomic mass is 9.98. The monoisotopic (exact) mass is 866 g/mol. The van der Waals surface area contributed by atoms with E-state index in [1.165, 1.54) is 55.9 Å². The van der Waals surface area contributed by atoms with Gasteiger partial charge in [-0.25, -0.2) is 4.79 Å². The zero-order valence-electron chi connectivity index (χ0n) is 37.2. The number of rotatable bonds is 23. The van der Waals surface area contributed by atoms with E-state index in [4.69, 9.17) is 9.47 Å². The normalized spacial score (nSPS) is 13.0. The van der Waals surface area contributed by atoms with Crippen molar-refractivity contribution in [1.82, 2.24) is 0 Å². The minimum atomic E-state index is -1.22. The Morgan fingerprint density at radius 3 is 1.53 bits per heavy atom. The topological polar surface area (TPSA) is 82.8 Å². The standard InChI is InChI=1S/C54H62N2O4S2/c1-37(2)9-7-11-39(5)27-29-59-48-22-18-46(19-23-48)56(47-20-24-49(25-21-47)60-30-28-40(6)12-8-10-38(3)4)45-16-13-41(14-17-45)15-26-50-31-42-34-53-43(35-52(42)61-50)32-51(62-53)33-44(36-55)54(57)58/h13-26,31-35,37-40H,7-12,27-30H2,1-6H3,(H,57,58)/b26-15+,44-33-. The molecule has 0 amide bonds. The van der Waals surface area contributed by atoms with E-state index in [0.717, 1.165) is 102 Å². The van der Waals surface area contributed by atoms with Crippen LogP contribution >= 0.6 is 22.7 Å². The molecule has 2 aromatic heterocycles. The summed E-state index contributed by atoms with van der Waals surface area (Å²) in [4.78, 5) is 15.5. The first-order valence-electron chi connectivity index (χ1n) is 22.3. The van der Waals surface area contributed by atoms with Crippen molar-refractivity contribution in [2.45, 2.75) is 92.9 Å². The van der Waals surface area contributed by atoms with Crippen LogP contribution in [0.25, 0.3) is 38.4 Å². The van der Waals surface area contributed by atoms with Crippen LogP contribution < -0.4 is 14.4 Å². The van der Waals surface area contributed by atoms with Crippen molar-refractivity contribution in [2.75, 3.05) is 18.1 Å². The molecule has 2 heterocycles. The van der Waals surface area contributed by atoms with E-state index < -0.39 is 5.97 Å². The number of hydrogen-bond acceptors (Lipinski definition) is 7. The lowest BCUT2D eigenvalue weighted by Gasteiger charge is -2.26.